The molecule has 0 amide bonds. The molecule has 0 aromatic heterocycles. The second kappa shape index (κ2) is 8.11. The molecule has 0 fully saturated rings. The lowest BCUT2D eigenvalue weighted by molar-refractivity contribution is -0.137. The van der Waals surface area contributed by atoms with Gasteiger partial charge in [0.1, 0.15) is 11.9 Å². The van der Waals surface area contributed by atoms with Gasteiger partial charge in [-0.25, -0.2) is 0 Å². The number of benzene rings is 2. The van der Waals surface area contributed by atoms with Gasteiger partial charge in [0.2, 0.25) is 0 Å². The molecule has 0 aliphatic heterocycles. The molecule has 2 aromatic carbocycles. The lowest BCUT2D eigenvalue weighted by Crippen LogP contribution is -2.27. The summed E-state index contributed by atoms with van der Waals surface area (Å²) >= 11 is 0. The smallest absolute Gasteiger partial charge is 0.416 e. The van der Waals surface area contributed by atoms with Gasteiger partial charge in [0, 0.05) is 12.5 Å². The van der Waals surface area contributed by atoms with Gasteiger partial charge < -0.3 is 10.1 Å². The third-order valence-corrected chi connectivity index (χ3v) is 4.53. The van der Waals surface area contributed by atoms with Gasteiger partial charge in [0.05, 0.1) is 5.56 Å². The van der Waals surface area contributed by atoms with Crippen LogP contribution >= 0.6 is 12.4 Å². The van der Waals surface area contributed by atoms with Gasteiger partial charge in [-0.3, -0.25) is 0 Å². The lowest BCUT2D eigenvalue weighted by Gasteiger charge is -2.23. The molecular weight excluding hydrogens is 351 g/mol. The predicted molar refractivity (Wildman–Crippen MR) is 94.3 cm³/mol. The molecule has 2 unspecified atom stereocenters. The molecule has 0 spiro atoms. The average molecular weight is 372 g/mol. The van der Waals surface area contributed by atoms with Crippen molar-refractivity contribution >= 4 is 12.4 Å². The molecule has 136 valence electrons. The van der Waals surface area contributed by atoms with Crippen LogP contribution in [-0.2, 0) is 12.6 Å². The van der Waals surface area contributed by atoms with Crippen LogP contribution in [0.15, 0.2) is 48.5 Å². The van der Waals surface area contributed by atoms with E-state index in [4.69, 9.17) is 4.74 Å². The number of hydrogen-bond acceptors (Lipinski definition) is 2. The number of fused-ring (bicyclic) bond motifs is 1. The van der Waals surface area contributed by atoms with Crippen LogP contribution in [0.5, 0.6) is 5.75 Å². The Labute approximate surface area is 151 Å². The standard InChI is InChI=1S/C19H20F3NO.ClH/c1-23-15-9-6-13-4-2-3-5-17(13)18(12-15)24-16-10-7-14(8-11-16)19(20,21)22;/h2-5,7-8,10-11,15,18,23H,6,9,12H2,1H3;1H. The summed E-state index contributed by atoms with van der Waals surface area (Å²) in [6, 6.07) is 13.3. The van der Waals surface area contributed by atoms with E-state index in [2.05, 4.69) is 11.4 Å². The molecule has 1 aliphatic rings. The Morgan fingerprint density at radius 3 is 2.36 bits per heavy atom. The molecular formula is C19H21ClF3NO. The predicted octanol–water partition coefficient (Wildman–Crippen LogP) is 5.17. The fourth-order valence-electron chi connectivity index (χ4n) is 3.17. The topological polar surface area (TPSA) is 21.3 Å². The molecule has 0 heterocycles. The zero-order valence-corrected chi connectivity index (χ0v) is 14.7. The van der Waals surface area contributed by atoms with E-state index in [9.17, 15) is 13.2 Å². The Balaban J connectivity index is 0.00000225. The van der Waals surface area contributed by atoms with Gasteiger partial charge in [-0.2, -0.15) is 13.2 Å². The van der Waals surface area contributed by atoms with E-state index in [-0.39, 0.29) is 18.5 Å². The first kappa shape index (κ1) is 19.6. The van der Waals surface area contributed by atoms with Crippen LogP contribution in [0.4, 0.5) is 13.2 Å². The summed E-state index contributed by atoms with van der Waals surface area (Å²) in [5, 5.41) is 3.29. The summed E-state index contributed by atoms with van der Waals surface area (Å²) in [6.45, 7) is 0. The summed E-state index contributed by atoms with van der Waals surface area (Å²) in [6.07, 6.45) is -1.73. The molecule has 2 atom stereocenters. The summed E-state index contributed by atoms with van der Waals surface area (Å²) in [7, 11) is 1.93. The lowest BCUT2D eigenvalue weighted by atomic mass is 10.0. The van der Waals surface area contributed by atoms with Crippen molar-refractivity contribution < 1.29 is 17.9 Å². The fraction of sp³-hybridized carbons (Fsp3) is 0.368. The van der Waals surface area contributed by atoms with Crippen LogP contribution in [0.25, 0.3) is 0 Å². The number of ether oxygens (including phenoxy) is 1. The number of hydrogen-bond donors (Lipinski definition) is 1. The van der Waals surface area contributed by atoms with E-state index in [0.29, 0.717) is 11.8 Å². The van der Waals surface area contributed by atoms with Crippen molar-refractivity contribution in [1.29, 1.82) is 0 Å². The maximum atomic E-state index is 12.7. The van der Waals surface area contributed by atoms with Gasteiger partial charge >= 0.3 is 6.18 Å². The molecule has 3 rings (SSSR count). The third kappa shape index (κ3) is 4.67. The molecule has 2 aromatic rings. The first-order valence-electron chi connectivity index (χ1n) is 8.06. The number of aryl methyl sites for hydroxylation is 1. The molecule has 1 N–H and O–H groups in total. The summed E-state index contributed by atoms with van der Waals surface area (Å²) in [4.78, 5) is 0. The van der Waals surface area contributed by atoms with E-state index >= 15 is 0 Å². The normalized spacial score (nSPS) is 20.2. The molecule has 1 aliphatic carbocycles. The van der Waals surface area contributed by atoms with Crippen molar-refractivity contribution in [2.24, 2.45) is 0 Å². The van der Waals surface area contributed by atoms with Crippen molar-refractivity contribution in [3.63, 3.8) is 0 Å². The number of nitrogens with one attached hydrogen (secondary N) is 1. The second-order valence-corrected chi connectivity index (χ2v) is 6.09. The monoisotopic (exact) mass is 371 g/mol. The molecule has 25 heavy (non-hydrogen) atoms. The minimum atomic E-state index is -4.33. The van der Waals surface area contributed by atoms with Crippen molar-refractivity contribution in [3.8, 4) is 5.75 Å². The average Bonchev–Trinajstić information content (AvgIpc) is 2.74. The largest absolute Gasteiger partial charge is 0.486 e. The highest BCUT2D eigenvalue weighted by Crippen LogP contribution is 2.34. The van der Waals surface area contributed by atoms with Crippen LogP contribution in [-0.4, -0.2) is 13.1 Å². The molecule has 2 nitrogen and oxygen atoms in total. The minimum Gasteiger partial charge on any atom is -0.486 e. The Kier molecular flexibility index (Phi) is 6.36. The Hall–Kier alpha value is -1.72. The van der Waals surface area contributed by atoms with Crippen LogP contribution < -0.4 is 10.1 Å². The number of rotatable bonds is 3. The SMILES string of the molecule is CNC1CCc2ccccc2C(Oc2ccc(C(F)(F)F)cc2)C1.Cl. The van der Waals surface area contributed by atoms with Crippen LogP contribution in [0.1, 0.15) is 35.6 Å². The molecule has 0 saturated carbocycles. The minimum absolute atomic E-state index is 0. The van der Waals surface area contributed by atoms with E-state index in [1.807, 2.05) is 25.2 Å². The zero-order chi connectivity index (χ0) is 17.2. The van der Waals surface area contributed by atoms with Gasteiger partial charge in [0.25, 0.3) is 0 Å². The van der Waals surface area contributed by atoms with Gasteiger partial charge in [0.15, 0.2) is 0 Å². The Morgan fingerprint density at radius 2 is 1.72 bits per heavy atom. The van der Waals surface area contributed by atoms with Gasteiger partial charge in [-0.15, -0.1) is 12.4 Å². The summed E-state index contributed by atoms with van der Waals surface area (Å²) in [5.74, 6) is 0.458. The maximum absolute atomic E-state index is 12.7. The van der Waals surface area contributed by atoms with E-state index in [1.165, 1.54) is 17.7 Å². The van der Waals surface area contributed by atoms with Crippen molar-refractivity contribution in [2.75, 3.05) is 7.05 Å². The number of halogens is 4. The van der Waals surface area contributed by atoms with E-state index in [1.54, 1.807) is 0 Å². The highest BCUT2D eigenvalue weighted by Gasteiger charge is 2.30. The maximum Gasteiger partial charge on any atom is 0.416 e. The molecule has 0 saturated heterocycles. The quantitative estimate of drug-likeness (QED) is 0.751. The van der Waals surface area contributed by atoms with Crippen molar-refractivity contribution in [1.82, 2.24) is 5.32 Å². The Bertz CT molecular complexity index is 688. The first-order valence-corrected chi connectivity index (χ1v) is 8.06. The Morgan fingerprint density at radius 1 is 1.04 bits per heavy atom. The summed E-state index contributed by atoms with van der Waals surface area (Å²) in [5.41, 5.74) is 1.70. The molecule has 0 radical (unpaired) electrons. The van der Waals surface area contributed by atoms with Crippen molar-refractivity contribution in [3.05, 3.63) is 65.2 Å². The van der Waals surface area contributed by atoms with E-state index in [0.717, 1.165) is 37.0 Å². The van der Waals surface area contributed by atoms with E-state index < -0.39 is 11.7 Å². The zero-order valence-electron chi connectivity index (χ0n) is 13.8. The van der Waals surface area contributed by atoms with Gasteiger partial charge in [-0.05, 0) is 55.3 Å². The van der Waals surface area contributed by atoms with Crippen molar-refractivity contribution in [2.45, 2.75) is 37.6 Å². The van der Waals surface area contributed by atoms with Crippen LogP contribution in [0.2, 0.25) is 0 Å². The first-order chi connectivity index (χ1) is 11.5. The molecule has 0 bridgehead atoms. The van der Waals surface area contributed by atoms with Crippen LogP contribution in [0, 0.1) is 0 Å². The van der Waals surface area contributed by atoms with Gasteiger partial charge in [-0.1, -0.05) is 24.3 Å². The summed E-state index contributed by atoms with van der Waals surface area (Å²) < 4.78 is 44.1. The highest BCUT2D eigenvalue weighted by atomic mass is 35.5. The van der Waals surface area contributed by atoms with Crippen LogP contribution in [0.3, 0.4) is 0 Å². The fourth-order valence-corrected chi connectivity index (χ4v) is 3.17. The molecule has 6 heteroatoms. The number of alkyl halides is 3. The highest BCUT2D eigenvalue weighted by molar-refractivity contribution is 5.85. The second-order valence-electron chi connectivity index (χ2n) is 6.09. The third-order valence-electron chi connectivity index (χ3n) is 4.53.